The summed E-state index contributed by atoms with van der Waals surface area (Å²) in [5.74, 6) is 0. The van der Waals surface area contributed by atoms with E-state index in [1.807, 2.05) is 11.6 Å². The molecule has 0 amide bonds. The summed E-state index contributed by atoms with van der Waals surface area (Å²) >= 11 is 1.73. The van der Waals surface area contributed by atoms with Crippen LogP contribution in [-0.4, -0.2) is 48.1 Å². The maximum absolute atomic E-state index is 6.30. The molecule has 0 bridgehead atoms. The van der Waals surface area contributed by atoms with Crippen LogP contribution in [0.4, 0.5) is 5.13 Å². The van der Waals surface area contributed by atoms with Crippen LogP contribution in [0.25, 0.3) is 0 Å². The number of anilines is 1. The van der Waals surface area contributed by atoms with Crippen molar-refractivity contribution in [1.82, 2.24) is 9.88 Å². The zero-order chi connectivity index (χ0) is 11.7. The predicted octanol–water partition coefficient (Wildman–Crippen LogP) is 1.15. The monoisotopic (exact) mass is 252 g/mol. The Kier molecular flexibility index (Phi) is 3.06. The number of thiazole rings is 1. The first-order valence-electron chi connectivity index (χ1n) is 6.41. The van der Waals surface area contributed by atoms with Crippen molar-refractivity contribution >= 4 is 16.5 Å². The molecule has 2 N–H and O–H groups in total. The average Bonchev–Trinajstić information content (AvgIpc) is 2.81. The van der Waals surface area contributed by atoms with Gasteiger partial charge in [0.1, 0.15) is 0 Å². The summed E-state index contributed by atoms with van der Waals surface area (Å²) in [7, 11) is 0. The number of rotatable bonds is 3. The normalized spacial score (nSPS) is 24.6. The third kappa shape index (κ3) is 2.46. The van der Waals surface area contributed by atoms with Crippen LogP contribution >= 0.6 is 11.3 Å². The molecule has 1 saturated heterocycles. The lowest BCUT2D eigenvalue weighted by molar-refractivity contribution is 0.139. The van der Waals surface area contributed by atoms with E-state index in [9.17, 15) is 0 Å². The summed E-state index contributed by atoms with van der Waals surface area (Å²) in [4.78, 5) is 9.27. The molecule has 1 aliphatic heterocycles. The topological polar surface area (TPSA) is 45.4 Å². The van der Waals surface area contributed by atoms with Gasteiger partial charge < -0.3 is 10.6 Å². The van der Waals surface area contributed by atoms with Gasteiger partial charge in [0.25, 0.3) is 0 Å². The van der Waals surface area contributed by atoms with E-state index in [0.717, 1.165) is 37.9 Å². The van der Waals surface area contributed by atoms with Gasteiger partial charge in [-0.05, 0) is 19.3 Å². The number of hydrogen-bond acceptors (Lipinski definition) is 5. The molecule has 94 valence electrons. The zero-order valence-corrected chi connectivity index (χ0v) is 11.0. The highest BCUT2D eigenvalue weighted by atomic mass is 32.1. The van der Waals surface area contributed by atoms with E-state index in [2.05, 4.69) is 14.8 Å². The first-order chi connectivity index (χ1) is 8.25. The van der Waals surface area contributed by atoms with Crippen molar-refractivity contribution in [3.05, 3.63) is 11.6 Å². The van der Waals surface area contributed by atoms with E-state index in [0.29, 0.717) is 0 Å². The minimum absolute atomic E-state index is 0.128. The molecule has 0 radical (unpaired) electrons. The van der Waals surface area contributed by atoms with Gasteiger partial charge in [0.05, 0.1) is 0 Å². The van der Waals surface area contributed by atoms with Gasteiger partial charge in [-0.3, -0.25) is 4.90 Å². The van der Waals surface area contributed by atoms with Crippen LogP contribution in [-0.2, 0) is 0 Å². The number of aromatic nitrogens is 1. The predicted molar refractivity (Wildman–Crippen MR) is 71.5 cm³/mol. The fourth-order valence-electron chi connectivity index (χ4n) is 2.70. The Morgan fingerprint density at radius 2 is 2.06 bits per heavy atom. The van der Waals surface area contributed by atoms with Crippen LogP contribution in [0.3, 0.4) is 0 Å². The highest BCUT2D eigenvalue weighted by Gasteiger charge is 2.35. The molecule has 0 aromatic carbocycles. The van der Waals surface area contributed by atoms with Gasteiger partial charge in [-0.1, -0.05) is 0 Å². The Bertz CT molecular complexity index is 353. The Morgan fingerprint density at radius 1 is 1.29 bits per heavy atom. The molecule has 0 unspecified atom stereocenters. The van der Waals surface area contributed by atoms with Crippen LogP contribution < -0.4 is 10.6 Å². The maximum Gasteiger partial charge on any atom is 0.185 e. The third-order valence-electron chi connectivity index (χ3n) is 3.95. The molecule has 2 fully saturated rings. The smallest absolute Gasteiger partial charge is 0.185 e. The Labute approximate surface area is 106 Å². The Balaban J connectivity index is 1.50. The van der Waals surface area contributed by atoms with Gasteiger partial charge in [-0.25, -0.2) is 4.98 Å². The van der Waals surface area contributed by atoms with E-state index in [1.54, 1.807) is 11.3 Å². The summed E-state index contributed by atoms with van der Waals surface area (Å²) < 4.78 is 0. The van der Waals surface area contributed by atoms with E-state index in [1.165, 1.54) is 19.3 Å². The largest absolute Gasteiger partial charge is 0.346 e. The molecular weight excluding hydrogens is 232 g/mol. The summed E-state index contributed by atoms with van der Waals surface area (Å²) in [6.45, 7) is 5.50. The average molecular weight is 252 g/mol. The van der Waals surface area contributed by atoms with Crippen molar-refractivity contribution in [2.75, 3.05) is 37.6 Å². The van der Waals surface area contributed by atoms with Gasteiger partial charge in [0.15, 0.2) is 5.13 Å². The fourth-order valence-corrected chi connectivity index (χ4v) is 3.40. The summed E-state index contributed by atoms with van der Waals surface area (Å²) in [6, 6.07) is 0. The molecule has 2 aliphatic rings. The molecule has 0 spiro atoms. The lowest BCUT2D eigenvalue weighted by Gasteiger charge is -2.44. The number of hydrogen-bond donors (Lipinski definition) is 1. The van der Waals surface area contributed by atoms with Crippen molar-refractivity contribution in [3.8, 4) is 0 Å². The third-order valence-corrected chi connectivity index (χ3v) is 4.78. The summed E-state index contributed by atoms with van der Waals surface area (Å²) in [5.41, 5.74) is 6.43. The van der Waals surface area contributed by atoms with Gasteiger partial charge >= 0.3 is 0 Å². The van der Waals surface area contributed by atoms with Crippen LogP contribution in [0.15, 0.2) is 11.6 Å². The van der Waals surface area contributed by atoms with Crippen molar-refractivity contribution in [2.24, 2.45) is 5.73 Å². The second kappa shape index (κ2) is 4.55. The lowest BCUT2D eigenvalue weighted by atomic mass is 9.77. The quantitative estimate of drug-likeness (QED) is 0.876. The molecule has 1 aromatic heterocycles. The van der Waals surface area contributed by atoms with Crippen LogP contribution in [0.1, 0.15) is 19.3 Å². The van der Waals surface area contributed by atoms with Crippen LogP contribution in [0, 0.1) is 0 Å². The van der Waals surface area contributed by atoms with Gasteiger partial charge in [0, 0.05) is 49.8 Å². The van der Waals surface area contributed by atoms with Crippen molar-refractivity contribution in [1.29, 1.82) is 0 Å². The Hall–Kier alpha value is -0.650. The molecule has 2 heterocycles. The fraction of sp³-hybridized carbons (Fsp3) is 0.750. The maximum atomic E-state index is 6.30. The lowest BCUT2D eigenvalue weighted by Crippen LogP contribution is -2.58. The molecule has 0 atom stereocenters. The minimum Gasteiger partial charge on any atom is -0.346 e. The van der Waals surface area contributed by atoms with E-state index < -0.39 is 0 Å². The van der Waals surface area contributed by atoms with Crippen molar-refractivity contribution in [2.45, 2.75) is 24.8 Å². The first kappa shape index (κ1) is 11.4. The SMILES string of the molecule is NC1(CN2CCN(c3nccs3)CC2)CCC1. The van der Waals surface area contributed by atoms with E-state index in [4.69, 9.17) is 5.73 Å². The highest BCUT2D eigenvalue weighted by molar-refractivity contribution is 7.13. The zero-order valence-electron chi connectivity index (χ0n) is 10.1. The standard InChI is InChI=1S/C12H20N4S/c13-12(2-1-3-12)10-15-5-7-16(8-6-15)11-14-4-9-17-11/h4,9H,1-3,5-8,10,13H2. The molecule has 3 rings (SSSR count). The van der Waals surface area contributed by atoms with Crippen molar-refractivity contribution < 1.29 is 0 Å². The first-order valence-corrected chi connectivity index (χ1v) is 7.29. The van der Waals surface area contributed by atoms with Gasteiger partial charge in [-0.2, -0.15) is 0 Å². The number of nitrogens with two attached hydrogens (primary N) is 1. The minimum atomic E-state index is 0.128. The Morgan fingerprint density at radius 3 is 2.59 bits per heavy atom. The molecule has 1 aliphatic carbocycles. The molecule has 4 nitrogen and oxygen atoms in total. The second-order valence-corrected chi connectivity index (χ2v) is 6.17. The molecule has 1 aromatic rings. The van der Waals surface area contributed by atoms with Gasteiger partial charge in [0.2, 0.25) is 0 Å². The van der Waals surface area contributed by atoms with Gasteiger partial charge in [-0.15, -0.1) is 11.3 Å². The van der Waals surface area contributed by atoms with Crippen molar-refractivity contribution in [3.63, 3.8) is 0 Å². The number of piperazine rings is 1. The molecule has 1 saturated carbocycles. The van der Waals surface area contributed by atoms with E-state index >= 15 is 0 Å². The molecule has 17 heavy (non-hydrogen) atoms. The molecule has 5 heteroatoms. The summed E-state index contributed by atoms with van der Waals surface area (Å²) in [6.07, 6.45) is 5.62. The van der Waals surface area contributed by atoms with Crippen LogP contribution in [0.2, 0.25) is 0 Å². The molecular formula is C12H20N4S. The van der Waals surface area contributed by atoms with E-state index in [-0.39, 0.29) is 5.54 Å². The van der Waals surface area contributed by atoms with Crippen LogP contribution in [0.5, 0.6) is 0 Å². The highest BCUT2D eigenvalue weighted by Crippen LogP contribution is 2.30. The summed E-state index contributed by atoms with van der Waals surface area (Å²) in [5, 5.41) is 3.21. The second-order valence-electron chi connectivity index (χ2n) is 5.29. The number of nitrogens with zero attached hydrogens (tertiary/aromatic N) is 3.